The van der Waals surface area contributed by atoms with Crippen molar-refractivity contribution >= 4 is 6.03 Å². The summed E-state index contributed by atoms with van der Waals surface area (Å²) in [4.78, 5) is 20.6. The van der Waals surface area contributed by atoms with Crippen molar-refractivity contribution in [2.45, 2.75) is 62.4 Å². The molecule has 45 heavy (non-hydrogen) atoms. The van der Waals surface area contributed by atoms with Gasteiger partial charge >= 0.3 is 6.03 Å². The number of amides is 2. The Hall–Kier alpha value is -1.79. The Labute approximate surface area is 271 Å². The molecule has 0 unspecified atom stereocenters. The Balaban J connectivity index is 1.10. The molecule has 2 amide bonds. The number of rotatable bonds is 23. The van der Waals surface area contributed by atoms with Crippen LogP contribution in [0.15, 0.2) is 30.3 Å². The van der Waals surface area contributed by atoms with E-state index in [-0.39, 0.29) is 17.1 Å². The molecule has 10 nitrogen and oxygen atoms in total. The highest BCUT2D eigenvalue weighted by atomic mass is 16.6. The summed E-state index contributed by atoms with van der Waals surface area (Å²) >= 11 is 0. The molecule has 0 N–H and O–H groups in total. The van der Waals surface area contributed by atoms with Crippen molar-refractivity contribution in [1.29, 1.82) is 0 Å². The van der Waals surface area contributed by atoms with E-state index < -0.39 is 0 Å². The minimum absolute atomic E-state index is 0.0292. The van der Waals surface area contributed by atoms with Crippen molar-refractivity contribution in [3.05, 3.63) is 35.9 Å². The van der Waals surface area contributed by atoms with Gasteiger partial charge in [0.05, 0.1) is 71.6 Å². The van der Waals surface area contributed by atoms with E-state index >= 15 is 0 Å². The largest absolute Gasteiger partial charge is 0.382 e. The van der Waals surface area contributed by atoms with Crippen molar-refractivity contribution in [2.24, 2.45) is 5.92 Å². The van der Waals surface area contributed by atoms with Crippen molar-refractivity contribution < 1.29 is 33.2 Å². The van der Waals surface area contributed by atoms with Crippen LogP contribution in [0.2, 0.25) is 0 Å². The second-order valence-corrected chi connectivity index (χ2v) is 13.0. The lowest BCUT2D eigenvalue weighted by Crippen LogP contribution is -2.56. The van der Waals surface area contributed by atoms with Gasteiger partial charge in [0.2, 0.25) is 0 Å². The van der Waals surface area contributed by atoms with E-state index in [4.69, 9.17) is 28.4 Å². The van der Waals surface area contributed by atoms with Crippen LogP contribution in [-0.4, -0.2) is 140 Å². The number of carbonyl (C=O) groups is 1. The van der Waals surface area contributed by atoms with E-state index in [1.165, 1.54) is 24.8 Å². The summed E-state index contributed by atoms with van der Waals surface area (Å²) < 4.78 is 32.7. The lowest BCUT2D eigenvalue weighted by atomic mass is 9.68. The lowest BCUT2D eigenvalue weighted by molar-refractivity contribution is -0.0149. The number of urea groups is 1. The summed E-state index contributed by atoms with van der Waals surface area (Å²) in [5.74, 6) is 0.666. The van der Waals surface area contributed by atoms with Crippen LogP contribution >= 0.6 is 0 Å². The van der Waals surface area contributed by atoms with E-state index in [2.05, 4.69) is 59.1 Å². The molecular formula is C35H59N3O7. The fourth-order valence-electron chi connectivity index (χ4n) is 7.04. The van der Waals surface area contributed by atoms with Gasteiger partial charge in [0.15, 0.2) is 0 Å². The van der Waals surface area contributed by atoms with Gasteiger partial charge in [-0.05, 0) is 70.5 Å². The topological polar surface area (TPSA) is 82.2 Å². The molecule has 4 rings (SSSR count). The zero-order valence-electron chi connectivity index (χ0n) is 28.2. The van der Waals surface area contributed by atoms with Crippen LogP contribution in [0.3, 0.4) is 0 Å². The van der Waals surface area contributed by atoms with Gasteiger partial charge in [-0.15, -0.1) is 0 Å². The molecule has 256 valence electrons. The normalized spacial score (nSPS) is 23.9. The molecule has 2 saturated carbocycles. The van der Waals surface area contributed by atoms with Gasteiger partial charge in [0.1, 0.15) is 0 Å². The predicted octanol–water partition coefficient (Wildman–Crippen LogP) is 4.41. The molecule has 1 aliphatic heterocycles. The Morgan fingerprint density at radius 1 is 0.756 bits per heavy atom. The minimum Gasteiger partial charge on any atom is -0.382 e. The summed E-state index contributed by atoms with van der Waals surface area (Å²) in [6, 6.07) is 11.2. The van der Waals surface area contributed by atoms with Crippen LogP contribution in [0.5, 0.6) is 0 Å². The summed E-state index contributed by atoms with van der Waals surface area (Å²) in [6.07, 6.45) is 8.89. The number of ether oxygens (including phenoxy) is 6. The van der Waals surface area contributed by atoms with Gasteiger partial charge in [-0.3, -0.25) is 4.90 Å². The lowest BCUT2D eigenvalue weighted by Gasteiger charge is -2.51. The third-order valence-electron chi connectivity index (χ3n) is 10.0. The van der Waals surface area contributed by atoms with Gasteiger partial charge in [0, 0.05) is 38.9 Å². The molecule has 1 heterocycles. The Morgan fingerprint density at radius 2 is 1.29 bits per heavy atom. The molecular weight excluding hydrogens is 574 g/mol. The molecule has 1 saturated heterocycles. The molecule has 3 fully saturated rings. The molecule has 0 aromatic heterocycles. The number of carbonyl (C=O) groups excluding carboxylic acids is 1. The second kappa shape index (κ2) is 19.1. The Bertz CT molecular complexity index is 954. The van der Waals surface area contributed by atoms with Crippen molar-refractivity contribution in [2.75, 3.05) is 114 Å². The number of nitrogens with zero attached hydrogens (tertiary/aromatic N) is 3. The first kappa shape index (κ1) is 36.1. The third-order valence-corrected chi connectivity index (χ3v) is 10.0. The first-order chi connectivity index (χ1) is 22.0. The number of methoxy groups -OCH3 is 1. The fourth-order valence-corrected chi connectivity index (χ4v) is 7.04. The summed E-state index contributed by atoms with van der Waals surface area (Å²) in [7, 11) is 6.08. The Morgan fingerprint density at radius 3 is 1.78 bits per heavy atom. The number of hydrogen-bond donors (Lipinski definition) is 0. The molecule has 1 aromatic rings. The molecule has 2 aliphatic carbocycles. The SMILES string of the molecule is COCCOCCOCCOCCOCCOCCCN1CC2(CCC(c3ccccc3)(N(C)C)CC2)N(CC2CCC2)C1=O. The van der Waals surface area contributed by atoms with Gasteiger partial charge in [-0.25, -0.2) is 4.79 Å². The van der Waals surface area contributed by atoms with Gasteiger partial charge < -0.3 is 38.2 Å². The summed E-state index contributed by atoms with van der Waals surface area (Å²) in [6.45, 7) is 8.66. The quantitative estimate of drug-likeness (QED) is 0.164. The summed E-state index contributed by atoms with van der Waals surface area (Å²) in [5, 5.41) is 0. The van der Waals surface area contributed by atoms with E-state index in [0.29, 0.717) is 78.6 Å². The average molecular weight is 634 g/mol. The van der Waals surface area contributed by atoms with Crippen molar-refractivity contribution in [1.82, 2.24) is 14.7 Å². The highest BCUT2D eigenvalue weighted by Crippen LogP contribution is 2.49. The van der Waals surface area contributed by atoms with Crippen LogP contribution in [0.4, 0.5) is 4.79 Å². The number of benzene rings is 1. The molecule has 0 radical (unpaired) electrons. The van der Waals surface area contributed by atoms with Crippen molar-refractivity contribution in [3.63, 3.8) is 0 Å². The monoisotopic (exact) mass is 633 g/mol. The standard InChI is InChI=1S/C35H59N3O7/c1-36(2)35(32-11-5-4-6-12-32)15-13-34(14-16-35)30-37(33(39)38(34)29-31-9-7-10-31)17-8-18-41-21-22-43-25-26-45-28-27-44-24-23-42-20-19-40-3/h4-6,11-12,31H,7-10,13-30H2,1-3H3. The fraction of sp³-hybridized carbons (Fsp3) is 0.800. The number of hydrogen-bond acceptors (Lipinski definition) is 8. The highest BCUT2D eigenvalue weighted by molar-refractivity contribution is 5.78. The van der Waals surface area contributed by atoms with Crippen LogP contribution in [0.25, 0.3) is 0 Å². The first-order valence-electron chi connectivity index (χ1n) is 17.2. The maximum absolute atomic E-state index is 13.8. The van der Waals surface area contributed by atoms with Crippen LogP contribution in [0.1, 0.15) is 56.9 Å². The minimum atomic E-state index is -0.0532. The van der Waals surface area contributed by atoms with Crippen LogP contribution in [-0.2, 0) is 34.0 Å². The van der Waals surface area contributed by atoms with Crippen LogP contribution < -0.4 is 0 Å². The zero-order valence-corrected chi connectivity index (χ0v) is 28.2. The summed E-state index contributed by atoms with van der Waals surface area (Å²) in [5.41, 5.74) is 1.37. The van der Waals surface area contributed by atoms with E-state index in [0.717, 1.165) is 51.7 Å². The molecule has 0 bridgehead atoms. The zero-order chi connectivity index (χ0) is 31.8. The van der Waals surface area contributed by atoms with Crippen LogP contribution in [0, 0.1) is 5.92 Å². The van der Waals surface area contributed by atoms with E-state index in [9.17, 15) is 4.79 Å². The maximum atomic E-state index is 13.8. The maximum Gasteiger partial charge on any atom is 0.320 e. The van der Waals surface area contributed by atoms with Gasteiger partial charge in [-0.1, -0.05) is 36.8 Å². The van der Waals surface area contributed by atoms with Gasteiger partial charge in [0.25, 0.3) is 0 Å². The molecule has 3 aliphatic rings. The second-order valence-electron chi connectivity index (χ2n) is 13.0. The molecule has 1 spiro atoms. The van der Waals surface area contributed by atoms with E-state index in [1.54, 1.807) is 7.11 Å². The van der Waals surface area contributed by atoms with E-state index in [1.807, 2.05) is 0 Å². The smallest absolute Gasteiger partial charge is 0.320 e. The average Bonchev–Trinajstić information content (AvgIpc) is 3.28. The first-order valence-corrected chi connectivity index (χ1v) is 17.2. The third kappa shape index (κ3) is 10.3. The highest BCUT2D eigenvalue weighted by Gasteiger charge is 2.54. The molecule has 1 aromatic carbocycles. The van der Waals surface area contributed by atoms with Crippen molar-refractivity contribution in [3.8, 4) is 0 Å². The Kier molecular flexibility index (Phi) is 15.3. The molecule has 10 heteroatoms. The molecule has 0 atom stereocenters. The van der Waals surface area contributed by atoms with Gasteiger partial charge in [-0.2, -0.15) is 0 Å². The predicted molar refractivity (Wildman–Crippen MR) is 175 cm³/mol.